The molecule has 40 heavy (non-hydrogen) atoms. The van der Waals surface area contributed by atoms with Crippen LogP contribution in [0.25, 0.3) is 27.9 Å². The minimum absolute atomic E-state index is 0.112. The van der Waals surface area contributed by atoms with E-state index in [-0.39, 0.29) is 16.9 Å². The number of fused-ring (bicyclic) bond motifs is 2. The Bertz CT molecular complexity index is 1910. The molecule has 1 amide bonds. The van der Waals surface area contributed by atoms with Gasteiger partial charge >= 0.3 is 0 Å². The lowest BCUT2D eigenvalue weighted by Crippen LogP contribution is -2.35. The van der Waals surface area contributed by atoms with Crippen LogP contribution >= 0.6 is 0 Å². The first kappa shape index (κ1) is 22.9. The molecule has 9 heteroatoms. The van der Waals surface area contributed by atoms with Crippen LogP contribution in [0, 0.1) is 0 Å². The van der Waals surface area contributed by atoms with Gasteiger partial charge in [-0.3, -0.25) is 14.8 Å². The van der Waals surface area contributed by atoms with E-state index >= 15 is 0 Å². The summed E-state index contributed by atoms with van der Waals surface area (Å²) in [5.41, 5.74) is 4.59. The number of nitrogens with zero attached hydrogens (tertiary/aromatic N) is 7. The van der Waals surface area contributed by atoms with Crippen molar-refractivity contribution in [3.8, 4) is 11.3 Å². The summed E-state index contributed by atoms with van der Waals surface area (Å²) >= 11 is 0. The van der Waals surface area contributed by atoms with Gasteiger partial charge in [0, 0.05) is 28.9 Å². The maximum atomic E-state index is 13.0. The van der Waals surface area contributed by atoms with Crippen molar-refractivity contribution in [1.29, 1.82) is 0 Å². The van der Waals surface area contributed by atoms with Crippen molar-refractivity contribution < 1.29 is 4.79 Å². The standard InChI is InChI=1S/C31H24N8O/c40-27(35-31(14-15-31)26-5-1-2-16-33-26)21-8-6-20(7-9-21)25-19-34-29-37-36-28(39(29)38-25)30(12-13-30)23-10-11-24-22(18-23)4-3-17-32-24/h1-11,16-19H,12-15H2,(H,35,40). The average Bonchev–Trinajstić information content (AvgIpc) is 3.94. The number of nitrogens with one attached hydrogen (secondary N) is 1. The Kier molecular flexibility index (Phi) is 4.85. The SMILES string of the molecule is O=C(NC1(c2ccccn2)CC1)c1ccc(-c2cnc3nnc(C4(c5ccc6ncccc6c5)CC4)n3n2)cc1. The van der Waals surface area contributed by atoms with Gasteiger partial charge in [-0.1, -0.05) is 30.3 Å². The first-order valence-electron chi connectivity index (χ1n) is 13.4. The molecular formula is C31H24N8O. The third kappa shape index (κ3) is 3.65. The molecule has 2 fully saturated rings. The Morgan fingerprint density at radius 3 is 2.45 bits per heavy atom. The molecule has 2 aliphatic rings. The summed E-state index contributed by atoms with van der Waals surface area (Å²) in [5.74, 6) is 1.15. The monoisotopic (exact) mass is 524 g/mol. The van der Waals surface area contributed by atoms with Crippen molar-refractivity contribution in [2.24, 2.45) is 0 Å². The van der Waals surface area contributed by atoms with Crippen LogP contribution in [0.5, 0.6) is 0 Å². The molecule has 9 nitrogen and oxygen atoms in total. The van der Waals surface area contributed by atoms with E-state index in [9.17, 15) is 4.79 Å². The largest absolute Gasteiger partial charge is 0.341 e. The highest BCUT2D eigenvalue weighted by molar-refractivity contribution is 5.95. The number of aromatic nitrogens is 7. The second-order valence-corrected chi connectivity index (χ2v) is 10.7. The van der Waals surface area contributed by atoms with Crippen LogP contribution in [0.1, 0.15) is 53.1 Å². The van der Waals surface area contributed by atoms with Crippen molar-refractivity contribution in [2.75, 3.05) is 0 Å². The summed E-state index contributed by atoms with van der Waals surface area (Å²) in [7, 11) is 0. The summed E-state index contributed by atoms with van der Waals surface area (Å²) in [5, 5.41) is 18.0. The number of amides is 1. The fraction of sp³-hybridized carbons (Fsp3) is 0.194. The Labute approximate surface area is 229 Å². The summed E-state index contributed by atoms with van der Waals surface area (Å²) < 4.78 is 1.76. The zero-order valence-electron chi connectivity index (χ0n) is 21.5. The van der Waals surface area contributed by atoms with Gasteiger partial charge < -0.3 is 5.32 Å². The van der Waals surface area contributed by atoms with Crippen molar-refractivity contribution in [3.63, 3.8) is 0 Å². The summed E-state index contributed by atoms with van der Waals surface area (Å²) in [6, 6.07) is 23.7. The Morgan fingerprint density at radius 2 is 1.68 bits per heavy atom. The molecule has 8 rings (SSSR count). The van der Waals surface area contributed by atoms with E-state index in [0.29, 0.717) is 17.0 Å². The molecule has 0 spiro atoms. The van der Waals surface area contributed by atoms with Crippen LogP contribution in [-0.4, -0.2) is 40.7 Å². The Balaban J connectivity index is 1.08. The number of carbonyl (C=O) groups excluding carboxylic acids is 1. The molecule has 0 aliphatic heterocycles. The van der Waals surface area contributed by atoms with Crippen LogP contribution in [0.4, 0.5) is 0 Å². The van der Waals surface area contributed by atoms with Gasteiger partial charge in [0.05, 0.1) is 28.4 Å². The number of benzene rings is 2. The highest BCUT2D eigenvalue weighted by Crippen LogP contribution is 2.53. The average molecular weight is 525 g/mol. The molecule has 0 radical (unpaired) electrons. The fourth-order valence-electron chi connectivity index (χ4n) is 5.56. The molecule has 0 atom stereocenters. The molecule has 4 heterocycles. The van der Waals surface area contributed by atoms with Gasteiger partial charge in [0.15, 0.2) is 5.82 Å². The van der Waals surface area contributed by atoms with Crippen molar-refractivity contribution in [3.05, 3.63) is 114 Å². The molecule has 6 aromatic rings. The topological polar surface area (TPSA) is 111 Å². The zero-order chi connectivity index (χ0) is 26.7. The zero-order valence-corrected chi connectivity index (χ0v) is 21.5. The van der Waals surface area contributed by atoms with Crippen LogP contribution in [0.15, 0.2) is 91.4 Å². The molecule has 0 bridgehead atoms. The number of pyridine rings is 2. The second kappa shape index (κ2) is 8.47. The smallest absolute Gasteiger partial charge is 0.271 e. The summed E-state index contributed by atoms with van der Waals surface area (Å²) in [6.45, 7) is 0. The van der Waals surface area contributed by atoms with Crippen molar-refractivity contribution >= 4 is 22.6 Å². The molecule has 2 aromatic carbocycles. The third-order valence-electron chi connectivity index (χ3n) is 8.17. The molecule has 2 aliphatic carbocycles. The van der Waals surface area contributed by atoms with Crippen LogP contribution in [0.2, 0.25) is 0 Å². The van der Waals surface area contributed by atoms with Gasteiger partial charge in [0.2, 0.25) is 0 Å². The van der Waals surface area contributed by atoms with E-state index in [0.717, 1.165) is 53.7 Å². The maximum absolute atomic E-state index is 13.0. The second-order valence-electron chi connectivity index (χ2n) is 10.7. The van der Waals surface area contributed by atoms with E-state index in [1.807, 2.05) is 54.7 Å². The van der Waals surface area contributed by atoms with Crippen LogP contribution < -0.4 is 5.32 Å². The van der Waals surface area contributed by atoms with E-state index in [1.165, 1.54) is 5.56 Å². The van der Waals surface area contributed by atoms with Gasteiger partial charge in [-0.2, -0.15) is 9.61 Å². The maximum Gasteiger partial charge on any atom is 0.271 e. The molecule has 4 aromatic heterocycles. The molecule has 2 saturated carbocycles. The normalized spacial score (nSPS) is 16.6. The van der Waals surface area contributed by atoms with E-state index in [1.54, 1.807) is 16.9 Å². The lowest BCUT2D eigenvalue weighted by atomic mass is 9.94. The molecule has 1 N–H and O–H groups in total. The van der Waals surface area contributed by atoms with E-state index in [2.05, 4.69) is 54.7 Å². The number of hydrogen-bond acceptors (Lipinski definition) is 7. The predicted octanol–water partition coefficient (Wildman–Crippen LogP) is 4.63. The minimum Gasteiger partial charge on any atom is -0.341 e. The molecule has 194 valence electrons. The molecule has 0 unspecified atom stereocenters. The Morgan fingerprint density at radius 1 is 0.825 bits per heavy atom. The van der Waals surface area contributed by atoms with Gasteiger partial charge in [0.25, 0.3) is 11.7 Å². The summed E-state index contributed by atoms with van der Waals surface area (Å²) in [6.07, 6.45) is 8.99. The van der Waals surface area contributed by atoms with Crippen LogP contribution in [-0.2, 0) is 11.0 Å². The molecular weight excluding hydrogens is 500 g/mol. The van der Waals surface area contributed by atoms with Crippen molar-refractivity contribution in [1.82, 2.24) is 40.1 Å². The van der Waals surface area contributed by atoms with Gasteiger partial charge in [-0.25, -0.2) is 4.98 Å². The lowest BCUT2D eigenvalue weighted by Gasteiger charge is -2.17. The molecule has 0 saturated heterocycles. The predicted molar refractivity (Wildman–Crippen MR) is 148 cm³/mol. The quantitative estimate of drug-likeness (QED) is 0.338. The fourth-order valence-corrected chi connectivity index (χ4v) is 5.56. The Hall–Kier alpha value is -5.05. The van der Waals surface area contributed by atoms with Crippen LogP contribution in [0.3, 0.4) is 0 Å². The van der Waals surface area contributed by atoms with Gasteiger partial charge in [0.1, 0.15) is 5.69 Å². The van der Waals surface area contributed by atoms with Gasteiger partial charge in [-0.15, -0.1) is 10.2 Å². The lowest BCUT2D eigenvalue weighted by molar-refractivity contribution is 0.0930. The van der Waals surface area contributed by atoms with E-state index in [4.69, 9.17) is 5.10 Å². The number of hydrogen-bond donors (Lipinski definition) is 1. The summed E-state index contributed by atoms with van der Waals surface area (Å²) in [4.78, 5) is 26.5. The highest BCUT2D eigenvalue weighted by Gasteiger charge is 2.50. The van der Waals surface area contributed by atoms with Gasteiger partial charge in [-0.05, 0) is 73.7 Å². The van der Waals surface area contributed by atoms with E-state index < -0.39 is 0 Å². The van der Waals surface area contributed by atoms with Crippen molar-refractivity contribution in [2.45, 2.75) is 36.6 Å². The number of rotatable bonds is 6. The highest BCUT2D eigenvalue weighted by atomic mass is 16.1. The minimum atomic E-state index is -0.362. The number of carbonyl (C=O) groups is 1. The first-order chi connectivity index (χ1) is 19.6. The first-order valence-corrected chi connectivity index (χ1v) is 13.4. The third-order valence-corrected chi connectivity index (χ3v) is 8.17.